The smallest absolute Gasteiger partial charge is 0.255 e. The number of nitrogens with one attached hydrogen (secondary N) is 1. The van der Waals surface area contributed by atoms with Crippen molar-refractivity contribution >= 4 is 11.6 Å². The van der Waals surface area contributed by atoms with E-state index in [1.165, 1.54) is 5.56 Å². The Morgan fingerprint density at radius 1 is 1.29 bits per heavy atom. The Hall–Kier alpha value is -2.80. The maximum Gasteiger partial charge on any atom is 0.255 e. The zero-order chi connectivity index (χ0) is 16.4. The minimum absolute atomic E-state index is 0.0196. The van der Waals surface area contributed by atoms with Crippen molar-refractivity contribution in [3.8, 4) is 0 Å². The second-order valence-electron chi connectivity index (χ2n) is 5.92. The van der Waals surface area contributed by atoms with E-state index in [9.17, 15) is 4.79 Å². The van der Waals surface area contributed by atoms with Gasteiger partial charge in [0.2, 0.25) is 0 Å². The molecular formula is C17H17N5O2. The van der Waals surface area contributed by atoms with Gasteiger partial charge >= 0.3 is 0 Å². The molecular weight excluding hydrogens is 306 g/mol. The summed E-state index contributed by atoms with van der Waals surface area (Å²) in [7, 11) is 0. The Balaban J connectivity index is 1.49. The molecule has 0 unspecified atom stereocenters. The van der Waals surface area contributed by atoms with E-state index in [1.54, 1.807) is 29.2 Å². The van der Waals surface area contributed by atoms with Crippen molar-refractivity contribution in [2.75, 3.05) is 13.2 Å². The molecule has 122 valence electrons. The molecule has 1 aliphatic heterocycles. The fraction of sp³-hybridized carbons (Fsp3) is 0.294. The fourth-order valence-corrected chi connectivity index (χ4v) is 3.06. The molecule has 7 nitrogen and oxygen atoms in total. The molecule has 2 atom stereocenters. The summed E-state index contributed by atoms with van der Waals surface area (Å²) in [4.78, 5) is 16.7. The number of pyridine rings is 2. The van der Waals surface area contributed by atoms with Crippen LogP contribution in [-0.2, 0) is 11.2 Å². The predicted molar refractivity (Wildman–Crippen MR) is 86.5 cm³/mol. The van der Waals surface area contributed by atoms with Gasteiger partial charge in [-0.1, -0.05) is 0 Å². The van der Waals surface area contributed by atoms with Crippen LogP contribution in [0.1, 0.15) is 15.9 Å². The number of rotatable bonds is 4. The molecule has 7 heteroatoms. The normalized spacial score (nSPS) is 20.3. The Morgan fingerprint density at radius 2 is 2.17 bits per heavy atom. The lowest BCUT2D eigenvalue weighted by Crippen LogP contribution is -2.40. The number of hydrogen-bond donors (Lipinski definition) is 1. The Morgan fingerprint density at radius 3 is 3.04 bits per heavy atom. The molecule has 4 rings (SSSR count). The summed E-state index contributed by atoms with van der Waals surface area (Å²) in [6.07, 6.45) is 7.81. The molecule has 1 N–H and O–H groups in total. The van der Waals surface area contributed by atoms with Gasteiger partial charge in [0, 0.05) is 24.5 Å². The van der Waals surface area contributed by atoms with E-state index < -0.39 is 0 Å². The van der Waals surface area contributed by atoms with Crippen molar-refractivity contribution in [3.63, 3.8) is 0 Å². The number of ether oxygens (including phenoxy) is 1. The summed E-state index contributed by atoms with van der Waals surface area (Å²) in [5.41, 5.74) is 2.27. The van der Waals surface area contributed by atoms with Crippen LogP contribution < -0.4 is 5.32 Å². The van der Waals surface area contributed by atoms with Gasteiger partial charge in [0.15, 0.2) is 5.65 Å². The highest BCUT2D eigenvalue weighted by Crippen LogP contribution is 2.20. The lowest BCUT2D eigenvalue weighted by Gasteiger charge is -2.19. The first-order valence-electron chi connectivity index (χ1n) is 7.87. The highest BCUT2D eigenvalue weighted by Gasteiger charge is 2.30. The van der Waals surface area contributed by atoms with Crippen LogP contribution in [0.25, 0.3) is 5.65 Å². The van der Waals surface area contributed by atoms with Gasteiger partial charge in [-0.05, 0) is 36.2 Å². The van der Waals surface area contributed by atoms with Gasteiger partial charge in [-0.2, -0.15) is 0 Å². The van der Waals surface area contributed by atoms with Crippen molar-refractivity contribution in [2.24, 2.45) is 5.92 Å². The molecule has 4 heterocycles. The summed E-state index contributed by atoms with van der Waals surface area (Å²) in [5.74, 6) is 0.0952. The zero-order valence-electron chi connectivity index (χ0n) is 13.0. The standard InChI is InChI=1S/C17H17N5O2/c23-17(14-2-1-7-22-11-19-21-16(14)22)20-15-10-24-9-13(15)8-12-3-5-18-6-4-12/h1-7,11,13,15H,8-10H2,(H,20,23)/t13-,15-/m1/s1. The van der Waals surface area contributed by atoms with Crippen molar-refractivity contribution in [1.82, 2.24) is 24.9 Å². The number of hydrogen-bond acceptors (Lipinski definition) is 5. The second kappa shape index (κ2) is 6.37. The minimum atomic E-state index is -0.149. The average molecular weight is 323 g/mol. The number of carbonyl (C=O) groups excluding carboxylic acids is 1. The molecule has 24 heavy (non-hydrogen) atoms. The van der Waals surface area contributed by atoms with Crippen LogP contribution in [0.2, 0.25) is 0 Å². The van der Waals surface area contributed by atoms with Gasteiger partial charge in [0.1, 0.15) is 6.33 Å². The van der Waals surface area contributed by atoms with Gasteiger partial charge in [0.25, 0.3) is 5.91 Å². The van der Waals surface area contributed by atoms with E-state index in [-0.39, 0.29) is 17.9 Å². The number of amides is 1. The summed E-state index contributed by atoms with van der Waals surface area (Å²) in [6.45, 7) is 1.17. The van der Waals surface area contributed by atoms with Crippen LogP contribution in [0, 0.1) is 5.92 Å². The summed E-state index contributed by atoms with van der Waals surface area (Å²) >= 11 is 0. The second-order valence-corrected chi connectivity index (χ2v) is 5.92. The summed E-state index contributed by atoms with van der Waals surface area (Å²) in [6, 6.07) is 7.54. The first-order valence-corrected chi connectivity index (χ1v) is 7.87. The van der Waals surface area contributed by atoms with Crippen LogP contribution >= 0.6 is 0 Å². The van der Waals surface area contributed by atoms with E-state index in [2.05, 4.69) is 20.5 Å². The van der Waals surface area contributed by atoms with Gasteiger partial charge in [0.05, 0.1) is 24.8 Å². The van der Waals surface area contributed by atoms with Gasteiger partial charge in [-0.15, -0.1) is 10.2 Å². The largest absolute Gasteiger partial charge is 0.379 e. The molecule has 0 spiro atoms. The average Bonchev–Trinajstić information content (AvgIpc) is 3.25. The van der Waals surface area contributed by atoms with Crippen molar-refractivity contribution in [1.29, 1.82) is 0 Å². The molecule has 0 saturated carbocycles. The summed E-state index contributed by atoms with van der Waals surface area (Å²) < 4.78 is 7.32. The number of aromatic nitrogens is 4. The lowest BCUT2D eigenvalue weighted by atomic mass is 9.95. The van der Waals surface area contributed by atoms with E-state index in [4.69, 9.17) is 4.74 Å². The molecule has 1 aliphatic rings. The van der Waals surface area contributed by atoms with Crippen molar-refractivity contribution < 1.29 is 9.53 Å². The van der Waals surface area contributed by atoms with E-state index in [1.807, 2.05) is 24.4 Å². The molecule has 0 aliphatic carbocycles. The molecule has 3 aromatic heterocycles. The molecule has 1 saturated heterocycles. The van der Waals surface area contributed by atoms with Crippen molar-refractivity contribution in [2.45, 2.75) is 12.5 Å². The predicted octanol–water partition coefficient (Wildman–Crippen LogP) is 1.11. The fourth-order valence-electron chi connectivity index (χ4n) is 3.06. The molecule has 3 aromatic rings. The molecule has 1 amide bonds. The maximum atomic E-state index is 12.7. The van der Waals surface area contributed by atoms with Crippen LogP contribution in [0.5, 0.6) is 0 Å². The Labute approximate surface area is 138 Å². The third kappa shape index (κ3) is 2.85. The van der Waals surface area contributed by atoms with Crippen LogP contribution in [0.4, 0.5) is 0 Å². The SMILES string of the molecule is O=C(N[C@@H]1COC[C@H]1Cc1ccncc1)c1cccn2cnnc12. The van der Waals surface area contributed by atoms with Crippen LogP contribution in [-0.4, -0.2) is 44.7 Å². The van der Waals surface area contributed by atoms with E-state index in [0.717, 1.165) is 6.42 Å². The van der Waals surface area contributed by atoms with E-state index in [0.29, 0.717) is 24.4 Å². The quantitative estimate of drug-likeness (QED) is 0.778. The number of carbonyl (C=O) groups is 1. The third-order valence-corrected chi connectivity index (χ3v) is 4.33. The number of fused-ring (bicyclic) bond motifs is 1. The van der Waals surface area contributed by atoms with Gasteiger partial charge in [-0.3, -0.25) is 14.2 Å². The highest BCUT2D eigenvalue weighted by molar-refractivity contribution is 5.99. The Bertz CT molecular complexity index is 848. The molecule has 1 fully saturated rings. The van der Waals surface area contributed by atoms with Gasteiger partial charge in [-0.25, -0.2) is 0 Å². The van der Waals surface area contributed by atoms with Crippen LogP contribution in [0.3, 0.4) is 0 Å². The van der Waals surface area contributed by atoms with Crippen LogP contribution in [0.15, 0.2) is 49.2 Å². The first-order chi connectivity index (χ1) is 11.8. The maximum absolute atomic E-state index is 12.7. The zero-order valence-corrected chi connectivity index (χ0v) is 13.0. The lowest BCUT2D eigenvalue weighted by molar-refractivity contribution is 0.0926. The monoisotopic (exact) mass is 323 g/mol. The Kier molecular flexibility index (Phi) is 3.92. The third-order valence-electron chi connectivity index (χ3n) is 4.33. The first kappa shape index (κ1) is 14.8. The number of nitrogens with zero attached hydrogens (tertiary/aromatic N) is 4. The highest BCUT2D eigenvalue weighted by atomic mass is 16.5. The molecule has 0 aromatic carbocycles. The van der Waals surface area contributed by atoms with E-state index >= 15 is 0 Å². The van der Waals surface area contributed by atoms with Gasteiger partial charge < -0.3 is 10.1 Å². The summed E-state index contributed by atoms with van der Waals surface area (Å²) in [5, 5.41) is 11.0. The molecule has 0 bridgehead atoms. The minimum Gasteiger partial charge on any atom is -0.379 e. The molecule has 0 radical (unpaired) electrons. The topological polar surface area (TPSA) is 81.4 Å². The van der Waals surface area contributed by atoms with Crippen molar-refractivity contribution in [3.05, 3.63) is 60.3 Å².